The Hall–Kier alpha value is -1.73. The summed E-state index contributed by atoms with van der Waals surface area (Å²) in [5, 5.41) is 8.70. The maximum atomic E-state index is 12.3. The Morgan fingerprint density at radius 2 is 1.53 bits per heavy atom. The Balaban J connectivity index is 3.02. The Labute approximate surface area is 103 Å². The lowest BCUT2D eigenvalue weighted by Crippen LogP contribution is -2.20. The lowest BCUT2D eigenvalue weighted by atomic mass is 9.94. The minimum atomic E-state index is -4.72. The van der Waals surface area contributed by atoms with E-state index in [2.05, 4.69) is 0 Å². The van der Waals surface area contributed by atoms with Crippen molar-refractivity contribution in [1.82, 2.24) is 0 Å². The minimum Gasteiger partial charge on any atom is -0.481 e. The van der Waals surface area contributed by atoms with Crippen molar-refractivity contribution in [3.8, 4) is 0 Å². The zero-order chi connectivity index (χ0) is 14.8. The molecule has 0 spiro atoms. The standard InChI is InChI=1S/C11H8F6O2/c12-10(13,14)5-8(9(18)19)6-1-3-7(4-2-6)11(15,16)17/h1-4,8H,5H2,(H,18,19)/t8-/m0/s1. The Kier molecular flexibility index (Phi) is 4.12. The number of alkyl halides is 6. The molecule has 0 aromatic heterocycles. The Morgan fingerprint density at radius 3 is 1.84 bits per heavy atom. The molecule has 1 atom stereocenters. The first-order chi connectivity index (χ1) is 8.50. The van der Waals surface area contributed by atoms with E-state index in [1.165, 1.54) is 0 Å². The monoisotopic (exact) mass is 286 g/mol. The van der Waals surface area contributed by atoms with Gasteiger partial charge in [-0.05, 0) is 17.7 Å². The second-order valence-electron chi connectivity index (χ2n) is 3.83. The predicted molar refractivity (Wildman–Crippen MR) is 52.5 cm³/mol. The number of rotatable bonds is 3. The maximum Gasteiger partial charge on any atom is 0.416 e. The van der Waals surface area contributed by atoms with Crippen LogP contribution in [0.25, 0.3) is 0 Å². The first-order valence-corrected chi connectivity index (χ1v) is 4.97. The van der Waals surface area contributed by atoms with Crippen molar-refractivity contribution < 1.29 is 36.2 Å². The van der Waals surface area contributed by atoms with Gasteiger partial charge in [-0.3, -0.25) is 4.79 Å². The second kappa shape index (κ2) is 5.10. The lowest BCUT2D eigenvalue weighted by molar-refractivity contribution is -0.157. The van der Waals surface area contributed by atoms with Gasteiger partial charge in [0.15, 0.2) is 0 Å². The van der Waals surface area contributed by atoms with E-state index in [1.807, 2.05) is 0 Å². The zero-order valence-electron chi connectivity index (χ0n) is 9.22. The number of halogens is 6. The molecule has 0 saturated carbocycles. The van der Waals surface area contributed by atoms with E-state index in [0.29, 0.717) is 12.1 Å². The molecule has 0 aliphatic carbocycles. The van der Waals surface area contributed by atoms with Crippen molar-refractivity contribution in [2.45, 2.75) is 24.7 Å². The molecule has 1 aromatic carbocycles. The van der Waals surface area contributed by atoms with Crippen LogP contribution in [0.2, 0.25) is 0 Å². The third kappa shape index (κ3) is 4.46. The summed E-state index contributed by atoms with van der Waals surface area (Å²) in [7, 11) is 0. The molecule has 1 aromatic rings. The predicted octanol–water partition coefficient (Wildman–Crippen LogP) is 3.83. The first-order valence-electron chi connectivity index (χ1n) is 4.97. The van der Waals surface area contributed by atoms with Crippen LogP contribution in [-0.4, -0.2) is 17.3 Å². The van der Waals surface area contributed by atoms with E-state index in [9.17, 15) is 31.1 Å². The van der Waals surface area contributed by atoms with Crippen molar-refractivity contribution in [3.05, 3.63) is 35.4 Å². The van der Waals surface area contributed by atoms with E-state index < -0.39 is 36.2 Å². The summed E-state index contributed by atoms with van der Waals surface area (Å²) >= 11 is 0. The highest BCUT2D eigenvalue weighted by atomic mass is 19.4. The average molecular weight is 286 g/mol. The van der Waals surface area contributed by atoms with Gasteiger partial charge in [-0.2, -0.15) is 26.3 Å². The fourth-order valence-corrected chi connectivity index (χ4v) is 1.48. The summed E-state index contributed by atoms with van der Waals surface area (Å²) in [5.41, 5.74) is -1.37. The largest absolute Gasteiger partial charge is 0.481 e. The molecule has 0 saturated heterocycles. The third-order valence-corrected chi connectivity index (χ3v) is 2.37. The minimum absolute atomic E-state index is 0.321. The van der Waals surface area contributed by atoms with E-state index in [1.54, 1.807) is 0 Å². The van der Waals surface area contributed by atoms with Crippen LogP contribution in [0.15, 0.2) is 24.3 Å². The normalized spacial score (nSPS) is 14.2. The van der Waals surface area contributed by atoms with Crippen LogP contribution in [-0.2, 0) is 11.0 Å². The summed E-state index contributed by atoms with van der Waals surface area (Å²) in [6, 6.07) is 2.60. The molecule has 1 rings (SSSR count). The number of hydrogen-bond donors (Lipinski definition) is 1. The number of carbonyl (C=O) groups is 1. The number of hydrogen-bond acceptors (Lipinski definition) is 1. The molecule has 0 heterocycles. The van der Waals surface area contributed by atoms with Crippen molar-refractivity contribution in [2.24, 2.45) is 0 Å². The molecule has 8 heteroatoms. The first kappa shape index (κ1) is 15.3. The van der Waals surface area contributed by atoms with Gasteiger partial charge < -0.3 is 5.11 Å². The zero-order valence-corrected chi connectivity index (χ0v) is 9.22. The summed E-state index contributed by atoms with van der Waals surface area (Å²) in [4.78, 5) is 10.7. The number of aliphatic carboxylic acids is 1. The van der Waals surface area contributed by atoms with Gasteiger partial charge in [0.2, 0.25) is 0 Å². The van der Waals surface area contributed by atoms with E-state index in [4.69, 9.17) is 5.11 Å². The van der Waals surface area contributed by atoms with Gasteiger partial charge in [0.1, 0.15) is 0 Å². The van der Waals surface area contributed by atoms with Crippen LogP contribution in [0.1, 0.15) is 23.5 Å². The van der Waals surface area contributed by atoms with Gasteiger partial charge >= 0.3 is 18.3 Å². The lowest BCUT2D eigenvalue weighted by Gasteiger charge is -2.15. The fraction of sp³-hybridized carbons (Fsp3) is 0.364. The number of carboxylic acid groups (broad SMARTS) is 1. The smallest absolute Gasteiger partial charge is 0.416 e. The highest BCUT2D eigenvalue weighted by molar-refractivity contribution is 5.76. The molecule has 0 aliphatic heterocycles. The van der Waals surface area contributed by atoms with Crippen molar-refractivity contribution in [1.29, 1.82) is 0 Å². The summed E-state index contributed by atoms with van der Waals surface area (Å²) in [6.07, 6.45) is -11.0. The van der Waals surface area contributed by atoms with Crippen LogP contribution in [0.4, 0.5) is 26.3 Å². The van der Waals surface area contributed by atoms with Crippen LogP contribution >= 0.6 is 0 Å². The van der Waals surface area contributed by atoms with Crippen LogP contribution in [0.3, 0.4) is 0 Å². The van der Waals surface area contributed by atoms with Crippen molar-refractivity contribution in [3.63, 3.8) is 0 Å². The highest BCUT2D eigenvalue weighted by Crippen LogP contribution is 2.34. The molecular formula is C11H8F6O2. The molecule has 0 unspecified atom stereocenters. The average Bonchev–Trinajstić information content (AvgIpc) is 2.23. The Bertz CT molecular complexity index is 446. The van der Waals surface area contributed by atoms with Gasteiger partial charge in [-0.15, -0.1) is 0 Å². The van der Waals surface area contributed by atoms with Gasteiger partial charge in [-0.1, -0.05) is 12.1 Å². The molecule has 2 nitrogen and oxygen atoms in total. The van der Waals surface area contributed by atoms with E-state index >= 15 is 0 Å². The van der Waals surface area contributed by atoms with Crippen LogP contribution in [0, 0.1) is 0 Å². The molecule has 0 aliphatic rings. The van der Waals surface area contributed by atoms with Gasteiger partial charge in [0.25, 0.3) is 0 Å². The topological polar surface area (TPSA) is 37.3 Å². The molecule has 0 fully saturated rings. The van der Waals surface area contributed by atoms with Crippen molar-refractivity contribution >= 4 is 5.97 Å². The number of benzene rings is 1. The van der Waals surface area contributed by atoms with Gasteiger partial charge in [0.05, 0.1) is 17.9 Å². The molecule has 19 heavy (non-hydrogen) atoms. The van der Waals surface area contributed by atoms with E-state index in [0.717, 1.165) is 12.1 Å². The maximum absolute atomic E-state index is 12.3. The van der Waals surface area contributed by atoms with Crippen LogP contribution in [0.5, 0.6) is 0 Å². The summed E-state index contributed by atoms with van der Waals surface area (Å²) in [6.45, 7) is 0. The quantitative estimate of drug-likeness (QED) is 0.857. The summed E-state index contributed by atoms with van der Waals surface area (Å²) < 4.78 is 73.3. The van der Waals surface area contributed by atoms with E-state index in [-0.39, 0.29) is 5.56 Å². The Morgan fingerprint density at radius 1 is 1.05 bits per heavy atom. The molecule has 0 radical (unpaired) electrons. The molecule has 1 N–H and O–H groups in total. The van der Waals surface area contributed by atoms with Gasteiger partial charge in [0, 0.05) is 0 Å². The molecule has 0 amide bonds. The highest BCUT2D eigenvalue weighted by Gasteiger charge is 2.37. The van der Waals surface area contributed by atoms with Crippen molar-refractivity contribution in [2.75, 3.05) is 0 Å². The second-order valence-corrected chi connectivity index (χ2v) is 3.83. The fourth-order valence-electron chi connectivity index (χ4n) is 1.48. The SMILES string of the molecule is O=C(O)[C@@H](CC(F)(F)F)c1ccc(C(F)(F)F)cc1. The molecule has 106 valence electrons. The molecule has 0 bridgehead atoms. The van der Waals surface area contributed by atoms with Crippen LogP contribution < -0.4 is 0 Å². The number of carboxylic acids is 1. The third-order valence-electron chi connectivity index (χ3n) is 2.37. The van der Waals surface area contributed by atoms with Gasteiger partial charge in [-0.25, -0.2) is 0 Å². The summed E-state index contributed by atoms with van der Waals surface area (Å²) in [5.74, 6) is -3.65. The molecular weight excluding hydrogens is 278 g/mol.